The smallest absolute Gasteiger partial charge is 0.337 e. The van der Waals surface area contributed by atoms with E-state index < -0.39 is 11.9 Å². The zero-order valence-electron chi connectivity index (χ0n) is 10.0. The Morgan fingerprint density at radius 3 is 2.74 bits per heavy atom. The molecule has 0 spiro atoms. The van der Waals surface area contributed by atoms with Gasteiger partial charge in [-0.1, -0.05) is 0 Å². The number of carboxylic acids is 1. The molecule has 0 saturated heterocycles. The third-order valence-electron chi connectivity index (χ3n) is 2.45. The van der Waals surface area contributed by atoms with E-state index in [0.717, 1.165) is 0 Å². The fourth-order valence-electron chi connectivity index (χ4n) is 1.51. The number of carboxylic acid groups (broad SMARTS) is 1. The van der Waals surface area contributed by atoms with Crippen molar-refractivity contribution in [2.45, 2.75) is 0 Å². The number of hydrogen-bond donors (Lipinski definition) is 3. The van der Waals surface area contributed by atoms with Gasteiger partial charge in [-0.05, 0) is 18.2 Å². The predicted molar refractivity (Wildman–Crippen MR) is 66.5 cm³/mol. The number of aromatic amines is 1. The van der Waals surface area contributed by atoms with Gasteiger partial charge in [-0.15, -0.1) is 0 Å². The summed E-state index contributed by atoms with van der Waals surface area (Å²) in [5.74, 6) is -1.17. The first-order valence-electron chi connectivity index (χ1n) is 5.34. The monoisotopic (exact) mass is 261 g/mol. The number of ether oxygens (including phenoxy) is 1. The van der Waals surface area contributed by atoms with Gasteiger partial charge >= 0.3 is 5.97 Å². The highest BCUT2D eigenvalue weighted by Gasteiger charge is 2.15. The summed E-state index contributed by atoms with van der Waals surface area (Å²) in [6.45, 7) is 0. The Labute approximate surface area is 108 Å². The Balaban J connectivity index is 2.32. The van der Waals surface area contributed by atoms with Crippen molar-refractivity contribution >= 4 is 17.6 Å². The van der Waals surface area contributed by atoms with Crippen LogP contribution < -0.4 is 10.1 Å². The van der Waals surface area contributed by atoms with Gasteiger partial charge in [0, 0.05) is 12.3 Å². The molecule has 1 aromatic heterocycles. The Hall–Kier alpha value is -2.83. The number of anilines is 1. The Morgan fingerprint density at radius 2 is 2.16 bits per heavy atom. The fourth-order valence-corrected chi connectivity index (χ4v) is 1.51. The van der Waals surface area contributed by atoms with E-state index in [1.165, 1.54) is 37.6 Å². The van der Waals surface area contributed by atoms with Gasteiger partial charge in [-0.2, -0.15) is 5.10 Å². The molecule has 3 N–H and O–H groups in total. The van der Waals surface area contributed by atoms with Gasteiger partial charge in [0.25, 0.3) is 5.91 Å². The summed E-state index contributed by atoms with van der Waals surface area (Å²) in [5.41, 5.74) is 0.374. The largest absolute Gasteiger partial charge is 0.497 e. The molecule has 0 aliphatic carbocycles. The second-order valence-electron chi connectivity index (χ2n) is 3.64. The maximum atomic E-state index is 11.8. The highest BCUT2D eigenvalue weighted by molar-refractivity contribution is 6.06. The fraction of sp³-hybridized carbons (Fsp3) is 0.0833. The lowest BCUT2D eigenvalue weighted by atomic mass is 10.1. The standard InChI is InChI=1S/C12H11N3O4/c1-19-7-2-3-8(12(17)18)10(6-7)14-11(16)9-4-5-13-15-9/h2-6H,1H3,(H,13,15)(H,14,16)(H,17,18). The third kappa shape index (κ3) is 2.71. The molecule has 0 aliphatic rings. The summed E-state index contributed by atoms with van der Waals surface area (Å²) in [6, 6.07) is 5.80. The van der Waals surface area contributed by atoms with Crippen LogP contribution in [-0.2, 0) is 0 Å². The van der Waals surface area contributed by atoms with Gasteiger partial charge in [0.2, 0.25) is 0 Å². The highest BCUT2D eigenvalue weighted by Crippen LogP contribution is 2.23. The van der Waals surface area contributed by atoms with E-state index in [9.17, 15) is 9.59 Å². The van der Waals surface area contributed by atoms with Gasteiger partial charge < -0.3 is 15.2 Å². The van der Waals surface area contributed by atoms with Crippen LogP contribution in [-0.4, -0.2) is 34.3 Å². The minimum Gasteiger partial charge on any atom is -0.497 e. The molecule has 19 heavy (non-hydrogen) atoms. The average Bonchev–Trinajstić information content (AvgIpc) is 2.92. The average molecular weight is 261 g/mol. The normalized spacial score (nSPS) is 9.95. The van der Waals surface area contributed by atoms with Crippen molar-refractivity contribution in [3.8, 4) is 5.75 Å². The molecule has 0 radical (unpaired) electrons. The Morgan fingerprint density at radius 1 is 1.37 bits per heavy atom. The minimum absolute atomic E-state index is 0.0198. The molecule has 98 valence electrons. The first kappa shape index (κ1) is 12.6. The van der Waals surface area contributed by atoms with Crippen LogP contribution in [0.3, 0.4) is 0 Å². The summed E-state index contributed by atoms with van der Waals surface area (Å²) < 4.78 is 5.00. The van der Waals surface area contributed by atoms with Crippen LogP contribution in [0.2, 0.25) is 0 Å². The second kappa shape index (κ2) is 5.21. The molecule has 2 aromatic rings. The molecule has 2 rings (SSSR count). The van der Waals surface area contributed by atoms with E-state index in [-0.39, 0.29) is 16.9 Å². The number of rotatable bonds is 4. The van der Waals surface area contributed by atoms with Crippen molar-refractivity contribution in [1.82, 2.24) is 10.2 Å². The van der Waals surface area contributed by atoms with Crippen molar-refractivity contribution < 1.29 is 19.4 Å². The van der Waals surface area contributed by atoms with Gasteiger partial charge in [0.05, 0.1) is 18.4 Å². The molecule has 0 atom stereocenters. The predicted octanol–water partition coefficient (Wildman–Crippen LogP) is 1.37. The van der Waals surface area contributed by atoms with Crippen molar-refractivity contribution in [2.75, 3.05) is 12.4 Å². The van der Waals surface area contributed by atoms with Crippen LogP contribution in [0.5, 0.6) is 5.75 Å². The van der Waals surface area contributed by atoms with E-state index >= 15 is 0 Å². The molecule has 0 bridgehead atoms. The second-order valence-corrected chi connectivity index (χ2v) is 3.64. The molecular weight excluding hydrogens is 250 g/mol. The van der Waals surface area contributed by atoms with E-state index in [4.69, 9.17) is 9.84 Å². The van der Waals surface area contributed by atoms with Gasteiger partial charge in [-0.3, -0.25) is 9.89 Å². The number of hydrogen-bond acceptors (Lipinski definition) is 4. The molecule has 7 nitrogen and oxygen atoms in total. The number of carbonyl (C=O) groups is 2. The number of aromatic carboxylic acids is 1. The number of nitrogens with one attached hydrogen (secondary N) is 2. The number of aromatic nitrogens is 2. The zero-order chi connectivity index (χ0) is 13.8. The lowest BCUT2D eigenvalue weighted by molar-refractivity contribution is 0.0698. The van der Waals surface area contributed by atoms with Crippen molar-refractivity contribution in [3.63, 3.8) is 0 Å². The Bertz CT molecular complexity index is 607. The van der Waals surface area contributed by atoms with Crippen molar-refractivity contribution in [3.05, 3.63) is 41.7 Å². The molecule has 0 aliphatic heterocycles. The maximum Gasteiger partial charge on any atom is 0.337 e. The maximum absolute atomic E-state index is 11.8. The quantitative estimate of drug-likeness (QED) is 0.771. The van der Waals surface area contributed by atoms with Gasteiger partial charge in [-0.25, -0.2) is 4.79 Å². The lowest BCUT2D eigenvalue weighted by Gasteiger charge is -2.09. The summed E-state index contributed by atoms with van der Waals surface area (Å²) in [7, 11) is 1.45. The number of H-pyrrole nitrogens is 1. The number of methoxy groups -OCH3 is 1. The molecular formula is C12H11N3O4. The Kier molecular flexibility index (Phi) is 3.46. The first-order chi connectivity index (χ1) is 9.11. The molecule has 1 aromatic carbocycles. The molecule has 7 heteroatoms. The van der Waals surface area contributed by atoms with E-state index in [0.29, 0.717) is 5.75 Å². The van der Waals surface area contributed by atoms with Gasteiger partial charge in [0.15, 0.2) is 0 Å². The van der Waals surface area contributed by atoms with Crippen LogP contribution in [0, 0.1) is 0 Å². The minimum atomic E-state index is -1.14. The summed E-state index contributed by atoms with van der Waals surface area (Å²) in [4.78, 5) is 22.9. The van der Waals surface area contributed by atoms with Crippen LogP contribution in [0.4, 0.5) is 5.69 Å². The van der Waals surface area contributed by atoms with E-state index in [1.807, 2.05) is 0 Å². The van der Waals surface area contributed by atoms with Crippen LogP contribution >= 0.6 is 0 Å². The summed E-state index contributed by atoms with van der Waals surface area (Å²) in [6.07, 6.45) is 1.43. The first-order valence-corrected chi connectivity index (χ1v) is 5.34. The topological polar surface area (TPSA) is 104 Å². The molecule has 1 amide bonds. The SMILES string of the molecule is COc1ccc(C(=O)O)c(NC(=O)c2ccn[nH]2)c1. The number of benzene rings is 1. The summed E-state index contributed by atoms with van der Waals surface area (Å²) in [5, 5.41) is 17.7. The molecule has 0 saturated carbocycles. The summed E-state index contributed by atoms with van der Waals surface area (Å²) >= 11 is 0. The van der Waals surface area contributed by atoms with E-state index in [2.05, 4.69) is 15.5 Å². The molecule has 0 unspecified atom stereocenters. The van der Waals surface area contributed by atoms with Crippen molar-refractivity contribution in [1.29, 1.82) is 0 Å². The van der Waals surface area contributed by atoms with Crippen molar-refractivity contribution in [2.24, 2.45) is 0 Å². The number of amides is 1. The van der Waals surface area contributed by atoms with Crippen LogP contribution in [0.1, 0.15) is 20.8 Å². The van der Waals surface area contributed by atoms with Crippen LogP contribution in [0.25, 0.3) is 0 Å². The van der Waals surface area contributed by atoms with Crippen LogP contribution in [0.15, 0.2) is 30.5 Å². The third-order valence-corrected chi connectivity index (χ3v) is 2.45. The van der Waals surface area contributed by atoms with E-state index in [1.54, 1.807) is 0 Å². The zero-order valence-corrected chi connectivity index (χ0v) is 10.0. The molecule has 1 heterocycles. The highest BCUT2D eigenvalue weighted by atomic mass is 16.5. The number of carbonyl (C=O) groups excluding carboxylic acids is 1. The molecule has 0 fully saturated rings. The number of nitrogens with zero attached hydrogens (tertiary/aromatic N) is 1. The lowest BCUT2D eigenvalue weighted by Crippen LogP contribution is -2.15. The van der Waals surface area contributed by atoms with Gasteiger partial charge in [0.1, 0.15) is 11.4 Å².